The first-order valence-corrected chi connectivity index (χ1v) is 10.7. The van der Waals surface area contributed by atoms with Gasteiger partial charge in [-0.05, 0) is 62.4 Å². The minimum Gasteiger partial charge on any atom is -0.462 e. The molecular formula is C24H36O4. The molecule has 0 aromatic carbocycles. The van der Waals surface area contributed by atoms with E-state index in [0.29, 0.717) is 30.1 Å². The van der Waals surface area contributed by atoms with Gasteiger partial charge >= 0.3 is 11.9 Å². The van der Waals surface area contributed by atoms with Crippen molar-refractivity contribution >= 4 is 11.9 Å². The van der Waals surface area contributed by atoms with Gasteiger partial charge in [-0.3, -0.25) is 9.59 Å². The molecule has 0 bridgehead atoms. The van der Waals surface area contributed by atoms with E-state index in [1.54, 1.807) is 0 Å². The van der Waals surface area contributed by atoms with Crippen LogP contribution in [0.3, 0.4) is 0 Å². The topological polar surface area (TPSA) is 52.6 Å². The van der Waals surface area contributed by atoms with Gasteiger partial charge in [-0.15, -0.1) is 0 Å². The number of ether oxygens (including phenoxy) is 2. The fraction of sp³-hybridized carbons (Fsp3) is 0.750. The van der Waals surface area contributed by atoms with Crippen LogP contribution in [0.5, 0.6) is 0 Å². The molecule has 3 saturated carbocycles. The first kappa shape index (κ1) is 21.1. The van der Waals surface area contributed by atoms with Crippen LogP contribution in [0.4, 0.5) is 0 Å². The average molecular weight is 389 g/mol. The van der Waals surface area contributed by atoms with Crippen LogP contribution in [0.2, 0.25) is 0 Å². The maximum absolute atomic E-state index is 11.8. The summed E-state index contributed by atoms with van der Waals surface area (Å²) in [6, 6.07) is 0. The fourth-order valence-electron chi connectivity index (χ4n) is 6.81. The Balaban J connectivity index is 1.82. The van der Waals surface area contributed by atoms with Crippen LogP contribution in [0, 0.1) is 35.0 Å². The van der Waals surface area contributed by atoms with E-state index in [4.69, 9.17) is 9.47 Å². The largest absolute Gasteiger partial charge is 0.462 e. The number of hydrogen-bond donors (Lipinski definition) is 0. The maximum atomic E-state index is 11.8. The summed E-state index contributed by atoms with van der Waals surface area (Å²) >= 11 is 0. The van der Waals surface area contributed by atoms with Crippen molar-refractivity contribution in [3.63, 3.8) is 0 Å². The molecule has 0 aromatic heterocycles. The van der Waals surface area contributed by atoms with Crippen molar-refractivity contribution in [1.29, 1.82) is 0 Å². The van der Waals surface area contributed by atoms with Gasteiger partial charge in [-0.2, -0.15) is 0 Å². The molecule has 4 heteroatoms. The Bertz CT molecular complexity index is 689. The fourth-order valence-corrected chi connectivity index (χ4v) is 6.81. The van der Waals surface area contributed by atoms with Gasteiger partial charge in [0, 0.05) is 25.7 Å². The highest BCUT2D eigenvalue weighted by molar-refractivity contribution is 5.66. The summed E-state index contributed by atoms with van der Waals surface area (Å²) in [5.74, 6) is 2.44. The number of fused-ring (bicyclic) bond motifs is 4. The predicted molar refractivity (Wildman–Crippen MR) is 109 cm³/mol. The summed E-state index contributed by atoms with van der Waals surface area (Å²) in [4.78, 5) is 23.3. The monoisotopic (exact) mass is 388 g/mol. The lowest BCUT2D eigenvalue weighted by molar-refractivity contribution is -0.177. The molecular weight excluding hydrogens is 352 g/mol. The van der Waals surface area contributed by atoms with Crippen LogP contribution < -0.4 is 0 Å². The van der Waals surface area contributed by atoms with Gasteiger partial charge in [-0.1, -0.05) is 38.0 Å². The lowest BCUT2D eigenvalue weighted by atomic mass is 9.46. The van der Waals surface area contributed by atoms with E-state index in [1.807, 2.05) is 19.9 Å². The lowest BCUT2D eigenvalue weighted by Crippen LogP contribution is -2.57. The zero-order valence-corrected chi connectivity index (χ0v) is 18.3. The first-order chi connectivity index (χ1) is 13.1. The quantitative estimate of drug-likeness (QED) is 0.470. The number of allylic oxidation sites excluding steroid dienone is 1. The summed E-state index contributed by atoms with van der Waals surface area (Å²) in [5.41, 5.74) is 2.32. The van der Waals surface area contributed by atoms with E-state index in [-0.39, 0.29) is 29.6 Å². The molecule has 3 rings (SSSR count). The summed E-state index contributed by atoms with van der Waals surface area (Å²) < 4.78 is 11.4. The molecule has 0 N–H and O–H groups in total. The van der Waals surface area contributed by atoms with Gasteiger partial charge in [0.15, 0.2) is 0 Å². The number of hydrogen-bond acceptors (Lipinski definition) is 4. The Kier molecular flexibility index (Phi) is 5.80. The van der Waals surface area contributed by atoms with E-state index in [0.717, 1.165) is 23.5 Å². The van der Waals surface area contributed by atoms with Crippen LogP contribution in [-0.4, -0.2) is 24.1 Å². The molecule has 8 unspecified atom stereocenters. The zero-order chi connectivity index (χ0) is 20.8. The number of carbonyl (C=O) groups excluding carboxylic acids is 2. The van der Waals surface area contributed by atoms with Gasteiger partial charge in [0.2, 0.25) is 0 Å². The highest BCUT2D eigenvalue weighted by atomic mass is 16.5. The second-order valence-corrected chi connectivity index (χ2v) is 9.82. The van der Waals surface area contributed by atoms with Gasteiger partial charge in [0.25, 0.3) is 0 Å². The lowest BCUT2D eigenvalue weighted by Gasteiger charge is -2.59. The predicted octanol–water partition coefficient (Wildman–Crippen LogP) is 5.08. The second-order valence-electron chi connectivity index (χ2n) is 9.82. The van der Waals surface area contributed by atoms with E-state index in [9.17, 15) is 9.59 Å². The van der Waals surface area contributed by atoms with E-state index < -0.39 is 0 Å². The molecule has 8 atom stereocenters. The van der Waals surface area contributed by atoms with E-state index >= 15 is 0 Å². The molecule has 3 aliphatic carbocycles. The van der Waals surface area contributed by atoms with Crippen LogP contribution in [0.15, 0.2) is 23.8 Å². The SMILES string of the molecule is C=C(CC(C=C(C)C)OC(C)=O)C1CC(OC(C)=O)C2(C)C3CCC(C)C3C12. The Morgan fingerprint density at radius 3 is 2.43 bits per heavy atom. The molecule has 0 radical (unpaired) electrons. The van der Waals surface area contributed by atoms with Crippen LogP contribution in [0.1, 0.15) is 67.2 Å². The normalized spacial score (nSPS) is 39.2. The molecule has 0 saturated heterocycles. The molecule has 28 heavy (non-hydrogen) atoms. The number of rotatable bonds is 6. The van der Waals surface area contributed by atoms with Crippen molar-refractivity contribution < 1.29 is 19.1 Å². The van der Waals surface area contributed by atoms with Crippen molar-refractivity contribution in [1.82, 2.24) is 0 Å². The van der Waals surface area contributed by atoms with Crippen LogP contribution >= 0.6 is 0 Å². The van der Waals surface area contributed by atoms with Gasteiger partial charge in [-0.25, -0.2) is 0 Å². The number of carbonyl (C=O) groups is 2. The summed E-state index contributed by atoms with van der Waals surface area (Å²) in [5, 5.41) is 0. The molecule has 0 amide bonds. The van der Waals surface area contributed by atoms with E-state index in [2.05, 4.69) is 20.4 Å². The van der Waals surface area contributed by atoms with Crippen molar-refractivity contribution in [2.24, 2.45) is 35.0 Å². The van der Waals surface area contributed by atoms with Gasteiger partial charge in [0.1, 0.15) is 12.2 Å². The minimum absolute atomic E-state index is 0.0288. The summed E-state index contributed by atoms with van der Waals surface area (Å²) in [6.45, 7) is 16.1. The second kappa shape index (κ2) is 7.68. The van der Waals surface area contributed by atoms with Crippen molar-refractivity contribution in [3.05, 3.63) is 23.8 Å². The Morgan fingerprint density at radius 2 is 1.86 bits per heavy atom. The molecule has 156 valence electrons. The standard InChI is InChI=1S/C24H36O4/c1-13(2)10-18(27-16(5)25)11-15(4)19-12-21(28-17(6)26)24(7)20-9-8-14(3)22(20)23(19)24/h10,14,18-23H,4,8-9,11-12H2,1-3,5-7H3. The summed E-state index contributed by atoms with van der Waals surface area (Å²) in [6.07, 6.45) is 5.70. The van der Waals surface area contributed by atoms with Gasteiger partial charge < -0.3 is 9.47 Å². The molecule has 4 nitrogen and oxygen atoms in total. The van der Waals surface area contributed by atoms with Crippen molar-refractivity contribution in [2.45, 2.75) is 79.4 Å². The third-order valence-corrected chi connectivity index (χ3v) is 7.71. The molecule has 0 aromatic rings. The van der Waals surface area contributed by atoms with Gasteiger partial charge in [0.05, 0.1) is 0 Å². The molecule has 0 spiro atoms. The summed E-state index contributed by atoms with van der Waals surface area (Å²) in [7, 11) is 0. The maximum Gasteiger partial charge on any atom is 0.303 e. The highest BCUT2D eigenvalue weighted by Gasteiger charge is 2.71. The number of esters is 2. The Morgan fingerprint density at radius 1 is 1.18 bits per heavy atom. The zero-order valence-electron chi connectivity index (χ0n) is 18.3. The molecule has 0 heterocycles. The Hall–Kier alpha value is -1.58. The van der Waals surface area contributed by atoms with Crippen molar-refractivity contribution in [3.8, 4) is 0 Å². The third-order valence-electron chi connectivity index (χ3n) is 7.71. The molecule has 3 aliphatic rings. The van der Waals surface area contributed by atoms with E-state index in [1.165, 1.54) is 26.7 Å². The molecule has 3 fully saturated rings. The first-order valence-electron chi connectivity index (χ1n) is 10.7. The highest BCUT2D eigenvalue weighted by Crippen LogP contribution is 2.73. The van der Waals surface area contributed by atoms with Crippen LogP contribution in [0.25, 0.3) is 0 Å². The molecule has 0 aliphatic heterocycles. The average Bonchev–Trinajstić information content (AvgIpc) is 2.99. The Labute approximate surface area is 169 Å². The minimum atomic E-state index is -0.272. The smallest absolute Gasteiger partial charge is 0.303 e. The van der Waals surface area contributed by atoms with Crippen molar-refractivity contribution in [2.75, 3.05) is 0 Å². The van der Waals surface area contributed by atoms with Crippen LogP contribution in [-0.2, 0) is 19.1 Å². The third kappa shape index (κ3) is 3.55.